The SMILES string of the molecule is CCN(CCCO)c1nc(N)ns1. The van der Waals surface area contributed by atoms with Crippen molar-refractivity contribution in [2.45, 2.75) is 13.3 Å². The molecule has 0 atom stereocenters. The molecular weight excluding hydrogens is 188 g/mol. The van der Waals surface area contributed by atoms with E-state index in [4.69, 9.17) is 10.8 Å². The zero-order valence-corrected chi connectivity index (χ0v) is 8.42. The molecule has 1 aromatic rings. The van der Waals surface area contributed by atoms with Crippen LogP contribution in [0.5, 0.6) is 0 Å². The molecule has 74 valence electrons. The van der Waals surface area contributed by atoms with E-state index in [0.717, 1.165) is 24.6 Å². The van der Waals surface area contributed by atoms with Gasteiger partial charge < -0.3 is 15.7 Å². The van der Waals surface area contributed by atoms with Gasteiger partial charge in [0.15, 0.2) is 0 Å². The van der Waals surface area contributed by atoms with Crippen LogP contribution in [0.15, 0.2) is 0 Å². The van der Waals surface area contributed by atoms with Crippen LogP contribution in [0.2, 0.25) is 0 Å². The van der Waals surface area contributed by atoms with E-state index in [0.29, 0.717) is 5.95 Å². The van der Waals surface area contributed by atoms with Gasteiger partial charge >= 0.3 is 0 Å². The number of hydrogen-bond acceptors (Lipinski definition) is 6. The van der Waals surface area contributed by atoms with Crippen molar-refractivity contribution >= 4 is 22.6 Å². The zero-order valence-electron chi connectivity index (χ0n) is 7.60. The number of aromatic nitrogens is 2. The standard InChI is InChI=1S/C7H14N4OS/c1-2-11(4-3-5-12)7-9-6(8)10-13-7/h12H,2-5H2,1H3,(H2,8,10). The molecule has 1 heterocycles. The molecule has 6 heteroatoms. The third-order valence-electron chi connectivity index (χ3n) is 1.67. The molecular formula is C7H14N4OS. The number of aliphatic hydroxyl groups excluding tert-OH is 1. The Kier molecular flexibility index (Phi) is 3.91. The fraction of sp³-hybridized carbons (Fsp3) is 0.714. The Morgan fingerprint density at radius 1 is 1.62 bits per heavy atom. The van der Waals surface area contributed by atoms with Crippen molar-refractivity contribution < 1.29 is 5.11 Å². The van der Waals surface area contributed by atoms with Crippen LogP contribution < -0.4 is 10.6 Å². The second kappa shape index (κ2) is 4.98. The summed E-state index contributed by atoms with van der Waals surface area (Å²) < 4.78 is 3.90. The first-order chi connectivity index (χ1) is 6.27. The Hall–Kier alpha value is -0.880. The lowest BCUT2D eigenvalue weighted by atomic mass is 10.4. The molecule has 1 rings (SSSR count). The fourth-order valence-corrected chi connectivity index (χ4v) is 1.69. The van der Waals surface area contributed by atoms with Crippen LogP contribution >= 0.6 is 11.5 Å². The minimum atomic E-state index is 0.199. The number of hydrogen-bond donors (Lipinski definition) is 2. The van der Waals surface area contributed by atoms with Crippen molar-refractivity contribution in [3.8, 4) is 0 Å². The fourth-order valence-electron chi connectivity index (χ4n) is 1.01. The molecule has 0 aromatic carbocycles. The average molecular weight is 202 g/mol. The highest BCUT2D eigenvalue weighted by Gasteiger charge is 2.08. The van der Waals surface area contributed by atoms with Crippen LogP contribution in [-0.2, 0) is 0 Å². The minimum Gasteiger partial charge on any atom is -0.396 e. The number of aliphatic hydroxyl groups is 1. The van der Waals surface area contributed by atoms with Gasteiger partial charge in [0.25, 0.3) is 0 Å². The molecule has 0 amide bonds. The van der Waals surface area contributed by atoms with Gasteiger partial charge in [-0.2, -0.15) is 9.36 Å². The number of rotatable bonds is 5. The number of nitrogens with zero attached hydrogens (tertiary/aromatic N) is 3. The van der Waals surface area contributed by atoms with E-state index in [1.54, 1.807) is 0 Å². The van der Waals surface area contributed by atoms with Crippen molar-refractivity contribution in [3.63, 3.8) is 0 Å². The molecule has 3 N–H and O–H groups in total. The molecule has 0 radical (unpaired) electrons. The predicted molar refractivity (Wildman–Crippen MR) is 53.9 cm³/mol. The first-order valence-electron chi connectivity index (χ1n) is 4.23. The maximum atomic E-state index is 8.68. The summed E-state index contributed by atoms with van der Waals surface area (Å²) in [5, 5.41) is 9.51. The summed E-state index contributed by atoms with van der Waals surface area (Å²) in [5.41, 5.74) is 5.41. The lowest BCUT2D eigenvalue weighted by Crippen LogP contribution is -2.24. The molecule has 5 nitrogen and oxygen atoms in total. The van der Waals surface area contributed by atoms with E-state index in [2.05, 4.69) is 9.36 Å². The summed E-state index contributed by atoms with van der Waals surface area (Å²) in [6.07, 6.45) is 0.743. The summed E-state index contributed by atoms with van der Waals surface area (Å²) in [4.78, 5) is 6.11. The number of nitrogen functional groups attached to an aromatic ring is 1. The Balaban J connectivity index is 2.56. The Labute approximate surface area is 81.4 Å². The van der Waals surface area contributed by atoms with Gasteiger partial charge in [-0.05, 0) is 13.3 Å². The summed E-state index contributed by atoms with van der Waals surface area (Å²) in [6, 6.07) is 0. The summed E-state index contributed by atoms with van der Waals surface area (Å²) in [7, 11) is 0. The molecule has 0 fully saturated rings. The lowest BCUT2D eigenvalue weighted by molar-refractivity contribution is 0.289. The first-order valence-corrected chi connectivity index (χ1v) is 5.00. The van der Waals surface area contributed by atoms with E-state index in [-0.39, 0.29) is 6.61 Å². The van der Waals surface area contributed by atoms with Crippen molar-refractivity contribution in [3.05, 3.63) is 0 Å². The number of nitrogens with two attached hydrogens (primary N) is 1. The van der Waals surface area contributed by atoms with Crippen molar-refractivity contribution in [1.82, 2.24) is 9.36 Å². The smallest absolute Gasteiger partial charge is 0.233 e. The molecule has 0 spiro atoms. The maximum Gasteiger partial charge on any atom is 0.233 e. The monoisotopic (exact) mass is 202 g/mol. The molecule has 0 bridgehead atoms. The molecule has 1 aromatic heterocycles. The predicted octanol–water partition coefficient (Wildman–Crippen LogP) is 0.329. The van der Waals surface area contributed by atoms with Gasteiger partial charge in [0.1, 0.15) is 0 Å². The average Bonchev–Trinajstić information content (AvgIpc) is 2.54. The molecule has 0 aliphatic carbocycles. The topological polar surface area (TPSA) is 75.3 Å². The molecule has 0 unspecified atom stereocenters. The third kappa shape index (κ3) is 2.82. The Morgan fingerprint density at radius 2 is 2.38 bits per heavy atom. The summed E-state index contributed by atoms with van der Waals surface area (Å²) in [5.74, 6) is 0.322. The zero-order chi connectivity index (χ0) is 9.68. The van der Waals surface area contributed by atoms with Gasteiger partial charge in [0.05, 0.1) is 0 Å². The molecule has 0 saturated heterocycles. The second-order valence-electron chi connectivity index (χ2n) is 2.59. The minimum absolute atomic E-state index is 0.199. The highest BCUT2D eigenvalue weighted by Crippen LogP contribution is 2.17. The van der Waals surface area contributed by atoms with E-state index in [1.165, 1.54) is 11.5 Å². The van der Waals surface area contributed by atoms with Gasteiger partial charge in [0, 0.05) is 31.2 Å². The maximum absolute atomic E-state index is 8.68. The Bertz CT molecular complexity index is 252. The van der Waals surface area contributed by atoms with Crippen LogP contribution in [0.4, 0.5) is 11.1 Å². The van der Waals surface area contributed by atoms with Crippen LogP contribution in [0, 0.1) is 0 Å². The van der Waals surface area contributed by atoms with E-state index in [1.807, 2.05) is 11.8 Å². The molecule has 0 aliphatic heterocycles. The van der Waals surface area contributed by atoms with Crippen molar-refractivity contribution in [2.24, 2.45) is 0 Å². The number of anilines is 2. The lowest BCUT2D eigenvalue weighted by Gasteiger charge is -2.17. The van der Waals surface area contributed by atoms with E-state index in [9.17, 15) is 0 Å². The van der Waals surface area contributed by atoms with Crippen molar-refractivity contribution in [1.29, 1.82) is 0 Å². The van der Waals surface area contributed by atoms with Gasteiger partial charge in [-0.15, -0.1) is 0 Å². The molecule has 0 aliphatic rings. The summed E-state index contributed by atoms with van der Waals surface area (Å²) >= 11 is 1.29. The highest BCUT2D eigenvalue weighted by molar-refractivity contribution is 7.09. The second-order valence-corrected chi connectivity index (χ2v) is 3.32. The quantitative estimate of drug-likeness (QED) is 0.719. The van der Waals surface area contributed by atoms with Gasteiger partial charge in [-0.3, -0.25) is 0 Å². The van der Waals surface area contributed by atoms with Crippen LogP contribution in [-0.4, -0.2) is 34.2 Å². The highest BCUT2D eigenvalue weighted by atomic mass is 32.1. The van der Waals surface area contributed by atoms with Gasteiger partial charge in [-0.1, -0.05) is 0 Å². The van der Waals surface area contributed by atoms with Crippen LogP contribution in [0.1, 0.15) is 13.3 Å². The molecule has 13 heavy (non-hydrogen) atoms. The van der Waals surface area contributed by atoms with Gasteiger partial charge in [0.2, 0.25) is 11.1 Å². The van der Waals surface area contributed by atoms with Gasteiger partial charge in [-0.25, -0.2) is 0 Å². The first kappa shape index (κ1) is 10.2. The largest absolute Gasteiger partial charge is 0.396 e. The molecule has 0 saturated carbocycles. The van der Waals surface area contributed by atoms with Crippen LogP contribution in [0.3, 0.4) is 0 Å². The van der Waals surface area contributed by atoms with Crippen LogP contribution in [0.25, 0.3) is 0 Å². The van der Waals surface area contributed by atoms with Crippen molar-refractivity contribution in [2.75, 3.05) is 30.3 Å². The van der Waals surface area contributed by atoms with E-state index < -0.39 is 0 Å². The third-order valence-corrected chi connectivity index (χ3v) is 2.46. The normalized spacial score (nSPS) is 10.3. The Morgan fingerprint density at radius 3 is 2.85 bits per heavy atom. The van der Waals surface area contributed by atoms with E-state index >= 15 is 0 Å². The summed E-state index contributed by atoms with van der Waals surface area (Å²) in [6.45, 7) is 3.88.